The second-order valence-corrected chi connectivity index (χ2v) is 20.4. The lowest BCUT2D eigenvalue weighted by atomic mass is 9.63. The second-order valence-electron chi connectivity index (χ2n) is 20.4. The van der Waals surface area contributed by atoms with Gasteiger partial charge in [-0.15, -0.1) is 0 Å². The topological polar surface area (TPSA) is 79.6 Å². The van der Waals surface area contributed by atoms with E-state index in [9.17, 15) is 9.59 Å². The van der Waals surface area contributed by atoms with Crippen LogP contribution in [0.3, 0.4) is 0 Å². The maximum absolute atomic E-state index is 13.3. The van der Waals surface area contributed by atoms with Crippen molar-refractivity contribution in [2.75, 3.05) is 13.6 Å². The Hall–Kier alpha value is -7.22. The van der Waals surface area contributed by atoms with Crippen LogP contribution in [0, 0.1) is 12.8 Å². The first kappa shape index (κ1) is 34.2. The molecule has 8 aliphatic carbocycles. The van der Waals surface area contributed by atoms with Gasteiger partial charge in [0.25, 0.3) is 11.5 Å². The molecule has 0 spiro atoms. The number of likely N-dealkylation sites (N-methyl/N-ethyl adjacent to an activating group) is 1. The number of hydrazone groups is 1. The quantitative estimate of drug-likeness (QED) is 0.138. The number of nitrogens with one attached hydrogen (secondary N) is 1. The third-order valence-electron chi connectivity index (χ3n) is 17.6. The Morgan fingerprint density at radius 3 is 2.40 bits per heavy atom. The first-order valence-electron chi connectivity index (χ1n) is 23.4. The number of carbonyl (C=O) groups excluding carboxylic acids is 1. The molecule has 1 aromatic heterocycles. The lowest BCUT2D eigenvalue weighted by Gasteiger charge is -2.39. The number of aromatic nitrogens is 2. The predicted molar refractivity (Wildman–Crippen MR) is 254 cm³/mol. The Balaban J connectivity index is 0.714. The molecule has 9 aliphatic rings. The molecule has 1 aliphatic heterocycles. The zero-order valence-electron chi connectivity index (χ0n) is 35.8. The fourth-order valence-corrected chi connectivity index (χ4v) is 15.5. The highest BCUT2D eigenvalue weighted by Crippen LogP contribution is 2.77. The van der Waals surface area contributed by atoms with Crippen molar-refractivity contribution in [3.63, 3.8) is 0 Å². The summed E-state index contributed by atoms with van der Waals surface area (Å²) >= 11 is 0. The maximum Gasteiger partial charge on any atom is 0.271 e. The van der Waals surface area contributed by atoms with Crippen LogP contribution >= 0.6 is 0 Å². The number of likely N-dealkylation sites (tertiary alicyclic amines) is 1. The first-order valence-corrected chi connectivity index (χ1v) is 23.4. The van der Waals surface area contributed by atoms with E-state index in [0.717, 1.165) is 18.5 Å². The van der Waals surface area contributed by atoms with Gasteiger partial charge in [-0.3, -0.25) is 19.1 Å². The van der Waals surface area contributed by atoms with E-state index < -0.39 is 0 Å². The van der Waals surface area contributed by atoms with Crippen LogP contribution in [0.15, 0.2) is 113 Å². The SMILES string of the molecule is Cc1nc2ccccc2c(=O)n1-c1ccc(C(=O)N/N=C/c2ccc(C3C4c5cc6c7c8c5-c5c(cc9c%10c5C8C5C8=C%10C(C9)Cc9ccc%10cc(c-7c5c%10c98)C6)C4CN3C)cc2)cc1. The van der Waals surface area contributed by atoms with E-state index in [2.05, 4.69) is 82.1 Å². The molecule has 7 aromatic carbocycles. The predicted octanol–water partition coefficient (Wildman–Crippen LogP) is 10.2. The summed E-state index contributed by atoms with van der Waals surface area (Å²) in [5.41, 5.74) is 34.6. The smallest absolute Gasteiger partial charge is 0.271 e. The van der Waals surface area contributed by atoms with Crippen LogP contribution in [-0.4, -0.2) is 40.2 Å². The fraction of sp³-hybridized carbons (Fsp3) is 0.207. The Morgan fingerprint density at radius 1 is 0.754 bits per heavy atom. The highest BCUT2D eigenvalue weighted by Gasteiger charge is 2.60. The third-order valence-corrected chi connectivity index (χ3v) is 17.6. The van der Waals surface area contributed by atoms with Crippen LogP contribution in [0.2, 0.25) is 0 Å². The van der Waals surface area contributed by atoms with Crippen molar-refractivity contribution in [1.82, 2.24) is 19.9 Å². The maximum atomic E-state index is 13.3. The number of nitrogens with zero attached hydrogens (tertiary/aromatic N) is 4. The van der Waals surface area contributed by atoms with Gasteiger partial charge in [0.05, 0.1) is 22.8 Å². The van der Waals surface area contributed by atoms with E-state index in [-0.39, 0.29) is 17.5 Å². The molecule has 2 heterocycles. The van der Waals surface area contributed by atoms with Gasteiger partial charge in [0.1, 0.15) is 5.82 Å². The van der Waals surface area contributed by atoms with Gasteiger partial charge >= 0.3 is 0 Å². The summed E-state index contributed by atoms with van der Waals surface area (Å²) in [6, 6.07) is 36.4. The van der Waals surface area contributed by atoms with Gasteiger partial charge in [-0.2, -0.15) is 5.10 Å². The van der Waals surface area contributed by atoms with Gasteiger partial charge < -0.3 is 0 Å². The normalized spacial score (nSPS) is 23.8. The number of fused-ring (bicyclic) bond motifs is 4. The molecule has 6 atom stereocenters. The van der Waals surface area contributed by atoms with Crippen LogP contribution in [0.4, 0.5) is 0 Å². The number of rotatable bonds is 5. The van der Waals surface area contributed by atoms with Crippen molar-refractivity contribution in [2.24, 2.45) is 11.0 Å². The number of allylic oxidation sites excluding steroid dienone is 2. The molecule has 308 valence electrons. The first-order chi connectivity index (χ1) is 31.9. The number of para-hydroxylation sites is 1. The summed E-state index contributed by atoms with van der Waals surface area (Å²) in [4.78, 5) is 33.8. The van der Waals surface area contributed by atoms with Crippen molar-refractivity contribution < 1.29 is 4.79 Å². The van der Waals surface area contributed by atoms with E-state index in [0.29, 0.717) is 57.6 Å². The largest absolute Gasteiger partial charge is 0.298 e. The van der Waals surface area contributed by atoms with Gasteiger partial charge in [-0.1, -0.05) is 66.7 Å². The van der Waals surface area contributed by atoms with Crippen molar-refractivity contribution in [2.45, 2.75) is 55.9 Å². The van der Waals surface area contributed by atoms with Gasteiger partial charge in [0, 0.05) is 41.8 Å². The van der Waals surface area contributed by atoms with Crippen LogP contribution in [0.25, 0.3) is 60.8 Å². The number of amides is 1. The van der Waals surface area contributed by atoms with Crippen molar-refractivity contribution in [1.29, 1.82) is 0 Å². The van der Waals surface area contributed by atoms with Gasteiger partial charge in [-0.25, -0.2) is 10.4 Å². The summed E-state index contributed by atoms with van der Waals surface area (Å²) in [5.74, 6) is 2.57. The minimum Gasteiger partial charge on any atom is -0.298 e. The number of aryl methyl sites for hydroxylation is 1. The van der Waals surface area contributed by atoms with E-state index in [1.54, 1.807) is 141 Å². The zero-order valence-corrected chi connectivity index (χ0v) is 35.8. The highest BCUT2D eigenvalue weighted by atomic mass is 16.2. The molecular formula is C58H39N5O2. The van der Waals surface area contributed by atoms with E-state index in [4.69, 9.17) is 0 Å². The molecule has 0 saturated carbocycles. The molecule has 1 amide bonds. The van der Waals surface area contributed by atoms with E-state index in [1.807, 2.05) is 25.1 Å². The Morgan fingerprint density at radius 2 is 1.52 bits per heavy atom. The number of carbonyl (C=O) groups is 1. The monoisotopic (exact) mass is 837 g/mol. The van der Waals surface area contributed by atoms with Gasteiger partial charge in [0.15, 0.2) is 0 Å². The molecule has 1 N–H and O–H groups in total. The van der Waals surface area contributed by atoms with E-state index >= 15 is 0 Å². The summed E-state index contributed by atoms with van der Waals surface area (Å²) in [7, 11) is 2.34. The fourth-order valence-electron chi connectivity index (χ4n) is 15.5. The second kappa shape index (κ2) is 11.2. The zero-order chi connectivity index (χ0) is 42.5. The lowest BCUT2D eigenvalue weighted by Crippen LogP contribution is -2.23. The van der Waals surface area contributed by atoms with Crippen LogP contribution in [0.5, 0.6) is 0 Å². The number of hydrogen-bond acceptors (Lipinski definition) is 5. The van der Waals surface area contributed by atoms with Gasteiger partial charge in [-0.05, 0) is 192 Å². The Bertz CT molecular complexity index is 3850. The van der Waals surface area contributed by atoms with E-state index in [1.165, 1.54) is 23.8 Å². The van der Waals surface area contributed by atoms with Crippen LogP contribution in [0.1, 0.15) is 118 Å². The molecule has 0 radical (unpaired) electrons. The van der Waals surface area contributed by atoms with Crippen molar-refractivity contribution >= 4 is 44.9 Å². The average molecular weight is 838 g/mol. The molecule has 7 nitrogen and oxygen atoms in total. The molecule has 0 bridgehead atoms. The molecule has 7 heteroatoms. The van der Waals surface area contributed by atoms with Crippen molar-refractivity contribution in [3.05, 3.63) is 197 Å². The Labute approximate surface area is 373 Å². The van der Waals surface area contributed by atoms with Crippen LogP contribution in [-0.2, 0) is 19.3 Å². The molecule has 1 fully saturated rings. The summed E-state index contributed by atoms with van der Waals surface area (Å²) in [6.45, 7) is 2.86. The number of hydrogen-bond donors (Lipinski definition) is 1. The molecule has 1 saturated heterocycles. The molecular weight excluding hydrogens is 799 g/mol. The third kappa shape index (κ3) is 3.84. The average Bonchev–Trinajstić information content (AvgIpc) is 4.13. The summed E-state index contributed by atoms with van der Waals surface area (Å²) in [6.07, 6.45) is 5.12. The van der Waals surface area contributed by atoms with Crippen molar-refractivity contribution in [3.8, 4) is 27.9 Å². The standard InChI is InChI=1S/C58H39N5O2/c1-25-60-40-6-4-3-5-36(40)58(65)63(25)35-15-13-28(14-16-35)57(64)61-59-23-26-7-9-27(10-8-26)56-47-38-22-34-20-32-18-30-12-11-29-17-31-19-33-21-37(39(47)24-62(56)2)48-49(38)53-46(34)44(32)51-42(30)41(29)50-43(31)45(33)52(48)55(53)54(50)51/h3-16,18,21-23,31,39,47,54-56H,17,19-20,24H2,1-2H3,(H,61,64)/b59-23+. The highest BCUT2D eigenvalue weighted by molar-refractivity contribution is 6.21. The molecule has 65 heavy (non-hydrogen) atoms. The number of benzene rings is 7. The molecule has 17 rings (SSSR count). The Kier molecular flexibility index (Phi) is 5.88. The lowest BCUT2D eigenvalue weighted by molar-refractivity contribution is 0.0955. The van der Waals surface area contributed by atoms with Gasteiger partial charge in [0.2, 0.25) is 0 Å². The summed E-state index contributed by atoms with van der Waals surface area (Å²) in [5, 5.41) is 7.99. The summed E-state index contributed by atoms with van der Waals surface area (Å²) < 4.78 is 1.58. The van der Waals surface area contributed by atoms with Crippen LogP contribution < -0.4 is 11.0 Å². The minimum atomic E-state index is -0.319. The molecule has 8 aromatic rings. The minimum absolute atomic E-state index is 0.138. The molecule has 6 unspecified atom stereocenters.